The Bertz CT molecular complexity index is 1270. The summed E-state index contributed by atoms with van der Waals surface area (Å²) in [6.45, 7) is 7.38. The first-order valence-electron chi connectivity index (χ1n) is 14.9. The molecule has 10 nitrogen and oxygen atoms in total. The van der Waals surface area contributed by atoms with E-state index in [1.165, 1.54) is 12.1 Å². The maximum Gasteiger partial charge on any atom is 0.270 e. The minimum absolute atomic E-state index is 0.0395. The number of likely N-dealkylation sites (tertiary alicyclic amines) is 1. The number of nitrogens with zero attached hydrogens (tertiary/aromatic N) is 4. The van der Waals surface area contributed by atoms with Gasteiger partial charge in [-0.15, -0.1) is 0 Å². The first-order chi connectivity index (χ1) is 20.3. The highest BCUT2D eigenvalue weighted by Crippen LogP contribution is 2.26. The molecule has 2 atom stereocenters. The molecule has 0 unspecified atom stereocenters. The van der Waals surface area contributed by atoms with Crippen molar-refractivity contribution < 1.29 is 28.2 Å². The van der Waals surface area contributed by atoms with Gasteiger partial charge in [-0.1, -0.05) is 18.2 Å². The maximum atomic E-state index is 14.5. The van der Waals surface area contributed by atoms with Gasteiger partial charge in [-0.2, -0.15) is 0 Å². The second-order valence-corrected chi connectivity index (χ2v) is 11.5. The fourth-order valence-electron chi connectivity index (χ4n) is 6.08. The number of nitrogens with one attached hydrogen (secondary N) is 1. The van der Waals surface area contributed by atoms with Crippen molar-refractivity contribution in [3.63, 3.8) is 0 Å². The van der Waals surface area contributed by atoms with Gasteiger partial charge < -0.3 is 24.6 Å². The summed E-state index contributed by atoms with van der Waals surface area (Å²) in [5.41, 5.74) is 0.284. The predicted octanol–water partition coefficient (Wildman–Crippen LogP) is 2.59. The lowest BCUT2D eigenvalue weighted by Gasteiger charge is -2.38. The van der Waals surface area contributed by atoms with Crippen LogP contribution in [-0.4, -0.2) is 108 Å². The first-order valence-corrected chi connectivity index (χ1v) is 14.9. The molecule has 0 aliphatic carbocycles. The number of ether oxygens (including phenoxy) is 2. The molecule has 11 heteroatoms. The highest BCUT2D eigenvalue weighted by atomic mass is 19.1. The van der Waals surface area contributed by atoms with Crippen LogP contribution in [0.25, 0.3) is 0 Å². The van der Waals surface area contributed by atoms with E-state index < -0.39 is 5.82 Å². The third-order valence-corrected chi connectivity index (χ3v) is 8.36. The molecule has 2 saturated heterocycles. The molecule has 42 heavy (non-hydrogen) atoms. The fraction of sp³-hybridized carbons (Fsp3) is 0.548. The van der Waals surface area contributed by atoms with Crippen LogP contribution in [0.15, 0.2) is 42.5 Å². The van der Waals surface area contributed by atoms with Gasteiger partial charge in [0.25, 0.3) is 11.8 Å². The first kappa shape index (κ1) is 29.9. The monoisotopic (exact) mass is 581 g/mol. The number of rotatable bonds is 2. The molecule has 4 aliphatic heterocycles. The van der Waals surface area contributed by atoms with Gasteiger partial charge in [-0.25, -0.2) is 9.37 Å². The summed E-state index contributed by atoms with van der Waals surface area (Å²) in [5, 5.41) is 3.07. The van der Waals surface area contributed by atoms with Gasteiger partial charge >= 0.3 is 0 Å². The van der Waals surface area contributed by atoms with Crippen LogP contribution in [-0.2, 0) is 9.53 Å². The standard InChI is InChI=1S/C31H40FN5O5/c1-21(2)37-20-23-18-27(37)31(40)35-12-10-22(11-13-35)19-36(30(39)24-6-3-4-7-25(24)32)14-15-41-16-17-42-28-9-5-8-26(34-28)29(38)33-23/h3-9,21-23,27H,10-20H2,1-2H3,(H,33,38)/t23-,27-/m0/s1. The summed E-state index contributed by atoms with van der Waals surface area (Å²) in [4.78, 5) is 50.2. The molecular formula is C31H40FN5O5. The number of carbonyl (C=O) groups is 3. The fourth-order valence-corrected chi connectivity index (χ4v) is 6.08. The van der Waals surface area contributed by atoms with E-state index in [0.29, 0.717) is 45.0 Å². The summed E-state index contributed by atoms with van der Waals surface area (Å²) in [6, 6.07) is 10.7. The summed E-state index contributed by atoms with van der Waals surface area (Å²) < 4.78 is 26.0. The largest absolute Gasteiger partial charge is 0.475 e. The molecule has 2 aromatic rings. The van der Waals surface area contributed by atoms with Crippen LogP contribution in [0.5, 0.6) is 5.88 Å². The van der Waals surface area contributed by atoms with Gasteiger partial charge in [0.1, 0.15) is 18.1 Å². The molecule has 1 aromatic carbocycles. The van der Waals surface area contributed by atoms with E-state index in [4.69, 9.17) is 9.47 Å². The highest BCUT2D eigenvalue weighted by molar-refractivity contribution is 5.94. The molecule has 0 spiro atoms. The van der Waals surface area contributed by atoms with Gasteiger partial charge in [0, 0.05) is 50.9 Å². The molecule has 0 radical (unpaired) electrons. The van der Waals surface area contributed by atoms with Crippen molar-refractivity contribution in [3.8, 4) is 5.88 Å². The Morgan fingerprint density at radius 1 is 1.00 bits per heavy atom. The number of halogens is 1. The van der Waals surface area contributed by atoms with Crippen LogP contribution in [0.1, 0.15) is 54.0 Å². The molecule has 0 saturated carbocycles. The highest BCUT2D eigenvalue weighted by Gasteiger charge is 2.41. The molecule has 4 aliphatic rings. The average molecular weight is 582 g/mol. The number of pyridine rings is 1. The zero-order valence-electron chi connectivity index (χ0n) is 24.3. The average Bonchev–Trinajstić information content (AvgIpc) is 3.42. The Morgan fingerprint density at radius 2 is 1.79 bits per heavy atom. The summed E-state index contributed by atoms with van der Waals surface area (Å²) in [6.07, 6.45) is 2.02. The number of hydrogen-bond acceptors (Lipinski definition) is 7. The molecule has 2 fully saturated rings. The minimum atomic E-state index is -0.549. The van der Waals surface area contributed by atoms with Crippen molar-refractivity contribution in [2.75, 3.05) is 52.5 Å². The number of hydrogen-bond donors (Lipinski definition) is 1. The van der Waals surface area contributed by atoms with Gasteiger partial charge in [-0.05, 0) is 57.2 Å². The van der Waals surface area contributed by atoms with Crippen LogP contribution >= 0.6 is 0 Å². The Morgan fingerprint density at radius 3 is 2.55 bits per heavy atom. The second-order valence-electron chi connectivity index (χ2n) is 11.5. The van der Waals surface area contributed by atoms with E-state index in [1.54, 1.807) is 35.2 Å². The number of benzene rings is 1. The number of carbonyl (C=O) groups excluding carboxylic acids is 3. The molecule has 6 bridgehead atoms. The van der Waals surface area contributed by atoms with Gasteiger partial charge in [0.2, 0.25) is 11.8 Å². The lowest BCUT2D eigenvalue weighted by atomic mass is 9.95. The number of fused-ring (bicyclic) bond motifs is 10. The van der Waals surface area contributed by atoms with Gasteiger partial charge in [0.15, 0.2) is 0 Å². The van der Waals surface area contributed by atoms with Crippen LogP contribution in [0.4, 0.5) is 4.39 Å². The SMILES string of the molecule is CC(C)N1C[C@@H]2C[C@H]1C(=O)N1CCC(CC1)CN(C(=O)c1ccccc1F)CCOCCOc1cccc(n1)C(=O)N2. The van der Waals surface area contributed by atoms with Gasteiger partial charge in [0.05, 0.1) is 24.8 Å². The quantitative estimate of drug-likeness (QED) is 0.544. The molecular weight excluding hydrogens is 541 g/mol. The van der Waals surface area contributed by atoms with E-state index in [1.807, 2.05) is 4.90 Å². The van der Waals surface area contributed by atoms with Gasteiger partial charge in [-0.3, -0.25) is 19.3 Å². The van der Waals surface area contributed by atoms with E-state index in [9.17, 15) is 18.8 Å². The van der Waals surface area contributed by atoms with Crippen molar-refractivity contribution in [2.45, 2.75) is 51.2 Å². The summed E-state index contributed by atoms with van der Waals surface area (Å²) in [7, 11) is 0. The number of aromatic nitrogens is 1. The lowest BCUT2D eigenvalue weighted by Crippen LogP contribution is -2.51. The van der Waals surface area contributed by atoms with E-state index in [2.05, 4.69) is 29.0 Å². The van der Waals surface area contributed by atoms with E-state index >= 15 is 0 Å². The van der Waals surface area contributed by atoms with Crippen molar-refractivity contribution in [3.05, 3.63) is 59.5 Å². The second kappa shape index (κ2) is 13.6. The Labute approximate surface area is 246 Å². The smallest absolute Gasteiger partial charge is 0.270 e. The van der Waals surface area contributed by atoms with Crippen molar-refractivity contribution >= 4 is 17.7 Å². The molecule has 1 aromatic heterocycles. The number of piperidine rings is 1. The topological polar surface area (TPSA) is 104 Å². The zero-order chi connectivity index (χ0) is 29.6. The van der Waals surface area contributed by atoms with Crippen LogP contribution in [0, 0.1) is 11.7 Å². The maximum absolute atomic E-state index is 14.5. The third-order valence-electron chi connectivity index (χ3n) is 8.36. The Kier molecular flexibility index (Phi) is 9.69. The minimum Gasteiger partial charge on any atom is -0.475 e. The number of amides is 3. The Hall–Kier alpha value is -3.57. The summed E-state index contributed by atoms with van der Waals surface area (Å²) in [5.74, 6) is -0.659. The molecule has 1 N–H and O–H groups in total. The normalized spacial score (nSPS) is 24.7. The lowest BCUT2D eigenvalue weighted by molar-refractivity contribution is -0.138. The Balaban J connectivity index is 1.34. The van der Waals surface area contributed by atoms with Crippen LogP contribution in [0.3, 0.4) is 0 Å². The van der Waals surface area contributed by atoms with E-state index in [-0.39, 0.29) is 72.8 Å². The van der Waals surface area contributed by atoms with E-state index in [0.717, 1.165) is 12.8 Å². The van der Waals surface area contributed by atoms with Crippen molar-refractivity contribution in [1.29, 1.82) is 0 Å². The predicted molar refractivity (Wildman–Crippen MR) is 154 cm³/mol. The summed E-state index contributed by atoms with van der Waals surface area (Å²) >= 11 is 0. The van der Waals surface area contributed by atoms with Crippen molar-refractivity contribution in [2.24, 2.45) is 5.92 Å². The zero-order valence-corrected chi connectivity index (χ0v) is 24.3. The van der Waals surface area contributed by atoms with Crippen molar-refractivity contribution in [1.82, 2.24) is 25.0 Å². The third kappa shape index (κ3) is 7.07. The molecule has 3 amide bonds. The molecule has 5 heterocycles. The molecule has 226 valence electrons. The van der Waals surface area contributed by atoms with Crippen LogP contribution < -0.4 is 10.1 Å². The molecule has 6 rings (SSSR count). The van der Waals surface area contributed by atoms with Crippen LogP contribution in [0.2, 0.25) is 0 Å².